The maximum atomic E-state index is 14.5. The lowest BCUT2D eigenvalue weighted by Crippen LogP contribution is -2.54. The summed E-state index contributed by atoms with van der Waals surface area (Å²) < 4.78 is 30.8. The largest absolute Gasteiger partial charge is 0.382 e. The maximum Gasteiger partial charge on any atom is 0.264 e. The first-order chi connectivity index (χ1) is 18.8. The van der Waals surface area contributed by atoms with Gasteiger partial charge in [0.25, 0.3) is 11.8 Å². The molecule has 208 valence electrons. The lowest BCUT2D eigenvalue weighted by atomic mass is 10.0. The molecular formula is C28H32FN3O7. The highest BCUT2D eigenvalue weighted by atomic mass is 19.1. The molecule has 2 unspecified atom stereocenters. The first-order valence-corrected chi connectivity index (χ1v) is 12.9. The molecule has 1 saturated heterocycles. The lowest BCUT2D eigenvalue weighted by molar-refractivity contribution is -0.136. The third kappa shape index (κ3) is 6.32. The van der Waals surface area contributed by atoms with Gasteiger partial charge >= 0.3 is 0 Å². The van der Waals surface area contributed by atoms with Crippen LogP contribution in [-0.2, 0) is 30.2 Å². The van der Waals surface area contributed by atoms with Crippen molar-refractivity contribution in [3.05, 3.63) is 64.5 Å². The monoisotopic (exact) mass is 541 g/mol. The molecule has 2 aromatic carbocycles. The molecule has 1 fully saturated rings. The van der Waals surface area contributed by atoms with Gasteiger partial charge in [-0.2, -0.15) is 0 Å². The summed E-state index contributed by atoms with van der Waals surface area (Å²) in [7, 11) is 1.51. The van der Waals surface area contributed by atoms with Crippen LogP contribution in [0.5, 0.6) is 0 Å². The van der Waals surface area contributed by atoms with Crippen molar-refractivity contribution in [3.63, 3.8) is 0 Å². The van der Waals surface area contributed by atoms with E-state index in [1.807, 2.05) is 6.92 Å². The van der Waals surface area contributed by atoms with Crippen LogP contribution in [0.25, 0.3) is 0 Å². The summed E-state index contributed by atoms with van der Waals surface area (Å²) in [5.41, 5.74) is 2.08. The molecule has 0 radical (unpaired) electrons. The number of carbonyl (C=O) groups excluding carboxylic acids is 4. The van der Waals surface area contributed by atoms with Gasteiger partial charge in [0.2, 0.25) is 11.8 Å². The number of carbonyl (C=O) groups is 4. The van der Waals surface area contributed by atoms with Gasteiger partial charge in [-0.05, 0) is 49.9 Å². The zero-order valence-electron chi connectivity index (χ0n) is 22.0. The van der Waals surface area contributed by atoms with E-state index in [2.05, 4.69) is 10.6 Å². The van der Waals surface area contributed by atoms with E-state index in [9.17, 15) is 23.6 Å². The molecule has 39 heavy (non-hydrogen) atoms. The van der Waals surface area contributed by atoms with Gasteiger partial charge in [-0.1, -0.05) is 18.2 Å². The Morgan fingerprint density at radius 3 is 2.67 bits per heavy atom. The van der Waals surface area contributed by atoms with Gasteiger partial charge in [-0.15, -0.1) is 0 Å². The fourth-order valence-electron chi connectivity index (χ4n) is 4.75. The number of nitrogens with one attached hydrogen (secondary N) is 2. The number of benzene rings is 2. The third-order valence-electron chi connectivity index (χ3n) is 6.65. The van der Waals surface area contributed by atoms with Crippen molar-refractivity contribution < 1.29 is 37.8 Å². The van der Waals surface area contributed by atoms with E-state index in [1.165, 1.54) is 13.2 Å². The van der Waals surface area contributed by atoms with E-state index in [0.29, 0.717) is 56.0 Å². The van der Waals surface area contributed by atoms with Crippen molar-refractivity contribution in [2.24, 2.45) is 0 Å². The molecule has 4 rings (SSSR count). The number of piperidine rings is 1. The number of amides is 4. The van der Waals surface area contributed by atoms with Crippen LogP contribution in [-0.4, -0.2) is 68.0 Å². The molecule has 0 bridgehead atoms. The quantitative estimate of drug-likeness (QED) is 0.225. The highest BCUT2D eigenvalue weighted by Gasteiger charge is 2.45. The standard InChI is InChI=1S/C28H32FN3O7/c1-3-39-28(37-2)18-10-9-17(20(29)16-18)6-5-14-38-15-13-30-21-8-4-7-19-24(21)27(36)32(26(19)35)22-11-12-23(33)31-25(22)34/h4,7-10,16,22,28,30H,3,5-6,11-15H2,1-2H3,(H,31,33,34). The average molecular weight is 542 g/mol. The van der Waals surface area contributed by atoms with Crippen molar-refractivity contribution in [2.45, 2.75) is 44.9 Å². The Morgan fingerprint density at radius 1 is 1.13 bits per heavy atom. The topological polar surface area (TPSA) is 123 Å². The normalized spacial score (nSPS) is 17.8. The number of methoxy groups -OCH3 is 1. The van der Waals surface area contributed by atoms with Crippen LogP contribution in [0, 0.1) is 5.82 Å². The number of hydrogen-bond donors (Lipinski definition) is 2. The van der Waals surface area contributed by atoms with Crippen molar-refractivity contribution >= 4 is 29.3 Å². The van der Waals surface area contributed by atoms with Gasteiger partial charge in [-0.3, -0.25) is 29.4 Å². The first-order valence-electron chi connectivity index (χ1n) is 12.9. The number of imide groups is 2. The number of hydrogen-bond acceptors (Lipinski definition) is 8. The summed E-state index contributed by atoms with van der Waals surface area (Å²) in [6.07, 6.45) is 0.678. The Labute approximate surface area is 225 Å². The predicted octanol–water partition coefficient (Wildman–Crippen LogP) is 2.97. The van der Waals surface area contributed by atoms with Crippen LogP contribution in [0.2, 0.25) is 0 Å². The third-order valence-corrected chi connectivity index (χ3v) is 6.65. The zero-order valence-corrected chi connectivity index (χ0v) is 22.0. The minimum atomic E-state index is -1.02. The second-order valence-corrected chi connectivity index (χ2v) is 9.19. The van der Waals surface area contributed by atoms with Crippen LogP contribution >= 0.6 is 0 Å². The highest BCUT2D eigenvalue weighted by Crippen LogP contribution is 2.32. The molecule has 0 aliphatic carbocycles. The van der Waals surface area contributed by atoms with Gasteiger partial charge in [-0.25, -0.2) is 4.39 Å². The van der Waals surface area contributed by atoms with Gasteiger partial charge in [0.05, 0.1) is 17.7 Å². The molecule has 2 N–H and O–H groups in total. The van der Waals surface area contributed by atoms with Gasteiger partial charge in [0.15, 0.2) is 6.29 Å². The SMILES string of the molecule is CCOC(OC)c1ccc(CCCOCCNc2cccc3c2C(=O)N(C2CCC(=O)NC2=O)C3=O)c(F)c1. The van der Waals surface area contributed by atoms with Crippen molar-refractivity contribution in [3.8, 4) is 0 Å². The van der Waals surface area contributed by atoms with Gasteiger partial charge in [0, 0.05) is 44.5 Å². The number of rotatable bonds is 13. The first kappa shape index (κ1) is 28.3. The average Bonchev–Trinajstić information content (AvgIpc) is 3.17. The summed E-state index contributed by atoms with van der Waals surface area (Å²) >= 11 is 0. The second kappa shape index (κ2) is 12.9. The summed E-state index contributed by atoms with van der Waals surface area (Å²) in [5.74, 6) is -2.51. The molecule has 10 nitrogen and oxygen atoms in total. The molecule has 2 aliphatic heterocycles. The predicted molar refractivity (Wildman–Crippen MR) is 139 cm³/mol. The smallest absolute Gasteiger partial charge is 0.264 e. The Bertz CT molecular complexity index is 1250. The number of fused-ring (bicyclic) bond motifs is 1. The molecule has 2 aliphatic rings. The second-order valence-electron chi connectivity index (χ2n) is 9.19. The van der Waals surface area contributed by atoms with E-state index >= 15 is 0 Å². The minimum Gasteiger partial charge on any atom is -0.382 e. The van der Waals surface area contributed by atoms with E-state index in [0.717, 1.165) is 4.90 Å². The molecule has 0 spiro atoms. The molecule has 4 amide bonds. The Balaban J connectivity index is 1.24. The Kier molecular flexibility index (Phi) is 9.39. The van der Waals surface area contributed by atoms with E-state index < -0.39 is 36.0 Å². The molecule has 2 aromatic rings. The van der Waals surface area contributed by atoms with E-state index in [4.69, 9.17) is 14.2 Å². The molecule has 2 heterocycles. The summed E-state index contributed by atoms with van der Waals surface area (Å²) in [5, 5.41) is 5.31. The van der Waals surface area contributed by atoms with Crippen LogP contribution in [0.15, 0.2) is 36.4 Å². The molecule has 2 atom stereocenters. The number of aryl methyl sites for hydroxylation is 1. The Hall–Kier alpha value is -3.67. The van der Waals surface area contributed by atoms with Crippen LogP contribution in [0.3, 0.4) is 0 Å². The van der Waals surface area contributed by atoms with Crippen molar-refractivity contribution in [1.29, 1.82) is 0 Å². The highest BCUT2D eigenvalue weighted by molar-refractivity contribution is 6.25. The fourth-order valence-corrected chi connectivity index (χ4v) is 4.75. The Morgan fingerprint density at radius 2 is 1.95 bits per heavy atom. The summed E-state index contributed by atoms with van der Waals surface area (Å²) in [6.45, 7) is 3.41. The molecule has 0 aromatic heterocycles. The molecular weight excluding hydrogens is 509 g/mol. The maximum absolute atomic E-state index is 14.5. The van der Waals surface area contributed by atoms with Gasteiger partial charge < -0.3 is 19.5 Å². The summed E-state index contributed by atoms with van der Waals surface area (Å²) in [6, 6.07) is 8.81. The van der Waals surface area contributed by atoms with E-state index in [1.54, 1.807) is 30.3 Å². The van der Waals surface area contributed by atoms with Gasteiger partial charge in [0.1, 0.15) is 11.9 Å². The molecule has 0 saturated carbocycles. The van der Waals surface area contributed by atoms with E-state index in [-0.39, 0.29) is 29.8 Å². The number of halogens is 1. The van der Waals surface area contributed by atoms with Crippen LogP contribution in [0.4, 0.5) is 10.1 Å². The van der Waals surface area contributed by atoms with Crippen LogP contribution in [0.1, 0.15) is 64.3 Å². The van der Waals surface area contributed by atoms with Crippen molar-refractivity contribution in [1.82, 2.24) is 10.2 Å². The minimum absolute atomic E-state index is 0.0619. The zero-order chi connectivity index (χ0) is 27.9. The van der Waals surface area contributed by atoms with Crippen LogP contribution < -0.4 is 10.6 Å². The van der Waals surface area contributed by atoms with Crippen molar-refractivity contribution in [2.75, 3.05) is 38.8 Å². The fraction of sp³-hybridized carbons (Fsp3) is 0.429. The number of ether oxygens (including phenoxy) is 3. The summed E-state index contributed by atoms with van der Waals surface area (Å²) in [4.78, 5) is 50.7. The lowest BCUT2D eigenvalue weighted by Gasteiger charge is -2.27. The number of anilines is 1. The molecule has 11 heteroatoms. The number of nitrogens with zero attached hydrogens (tertiary/aromatic N) is 1.